The molecule has 0 spiro atoms. The molecule has 0 aromatic heterocycles. The van der Waals surface area contributed by atoms with Gasteiger partial charge in [0.1, 0.15) is 0 Å². The summed E-state index contributed by atoms with van der Waals surface area (Å²) >= 11 is 0. The third kappa shape index (κ3) is 3.41. The summed E-state index contributed by atoms with van der Waals surface area (Å²) in [6, 6.07) is 4.12. The van der Waals surface area contributed by atoms with E-state index >= 15 is 0 Å². The molecule has 3 rings (SSSR count). The van der Waals surface area contributed by atoms with Crippen LogP contribution < -0.4 is 5.32 Å². The standard InChI is InChI=1S/C17H22N2O5S/c1-11-14(17(21)22)5-3-9-19(11)25(23,24)13-7-8-15-12(10-13)4-2-6-16(20)18-15/h7-8,10-11,14H,2-6,9H2,1H3,(H,18,20)(H,21,22)/t11-,14-/m1/s1. The van der Waals surface area contributed by atoms with Crippen molar-refractivity contribution in [1.82, 2.24) is 4.31 Å². The third-order valence-corrected chi connectivity index (χ3v) is 7.04. The van der Waals surface area contributed by atoms with E-state index < -0.39 is 28.0 Å². The predicted octanol–water partition coefficient (Wildman–Crippen LogP) is 1.84. The van der Waals surface area contributed by atoms with Crippen molar-refractivity contribution in [2.75, 3.05) is 11.9 Å². The topological polar surface area (TPSA) is 104 Å². The fourth-order valence-electron chi connectivity index (χ4n) is 3.63. The van der Waals surface area contributed by atoms with Gasteiger partial charge in [0.25, 0.3) is 0 Å². The molecule has 2 N–H and O–H groups in total. The number of rotatable bonds is 3. The largest absolute Gasteiger partial charge is 0.481 e. The molecule has 2 atom stereocenters. The Kier molecular flexibility index (Phi) is 4.83. The molecule has 0 saturated carbocycles. The van der Waals surface area contributed by atoms with Crippen LogP contribution >= 0.6 is 0 Å². The van der Waals surface area contributed by atoms with Crippen molar-refractivity contribution in [3.05, 3.63) is 23.8 Å². The number of aliphatic carboxylic acids is 1. The number of carboxylic acid groups (broad SMARTS) is 1. The van der Waals surface area contributed by atoms with Gasteiger partial charge in [-0.2, -0.15) is 4.31 Å². The highest BCUT2D eigenvalue weighted by Crippen LogP contribution is 2.31. The average molecular weight is 366 g/mol. The van der Waals surface area contributed by atoms with E-state index in [0.717, 1.165) is 5.56 Å². The number of hydrogen-bond acceptors (Lipinski definition) is 4. The zero-order valence-corrected chi connectivity index (χ0v) is 14.9. The second-order valence-corrected chi connectivity index (χ2v) is 8.55. The third-order valence-electron chi connectivity index (χ3n) is 5.05. The van der Waals surface area contributed by atoms with E-state index in [1.165, 1.54) is 10.4 Å². The number of sulfonamides is 1. The first-order chi connectivity index (χ1) is 11.8. The molecular weight excluding hydrogens is 344 g/mol. The number of carbonyl (C=O) groups is 2. The van der Waals surface area contributed by atoms with Gasteiger partial charge in [0.15, 0.2) is 0 Å². The Bertz CT molecular complexity index is 805. The van der Waals surface area contributed by atoms with E-state index in [1.807, 2.05) is 0 Å². The van der Waals surface area contributed by atoms with Crippen LogP contribution in [0.25, 0.3) is 0 Å². The van der Waals surface area contributed by atoms with E-state index in [2.05, 4.69) is 5.32 Å². The first-order valence-corrected chi connectivity index (χ1v) is 9.92. The van der Waals surface area contributed by atoms with Gasteiger partial charge in [0.2, 0.25) is 15.9 Å². The summed E-state index contributed by atoms with van der Waals surface area (Å²) in [6.07, 6.45) is 2.73. The van der Waals surface area contributed by atoms with Gasteiger partial charge in [-0.1, -0.05) is 0 Å². The van der Waals surface area contributed by atoms with Crippen molar-refractivity contribution >= 4 is 27.6 Å². The lowest BCUT2D eigenvalue weighted by Gasteiger charge is -2.36. The van der Waals surface area contributed by atoms with E-state index in [4.69, 9.17) is 0 Å². The minimum Gasteiger partial charge on any atom is -0.481 e. The van der Waals surface area contributed by atoms with Crippen LogP contribution in [-0.2, 0) is 26.0 Å². The summed E-state index contributed by atoms with van der Waals surface area (Å²) in [7, 11) is -3.78. The Labute approximate surface area is 147 Å². The average Bonchev–Trinajstić information content (AvgIpc) is 2.74. The fourth-order valence-corrected chi connectivity index (χ4v) is 5.38. The lowest BCUT2D eigenvalue weighted by atomic mass is 9.92. The maximum atomic E-state index is 13.0. The minimum atomic E-state index is -3.78. The molecule has 2 aliphatic rings. The van der Waals surface area contributed by atoms with Gasteiger partial charge in [-0.15, -0.1) is 0 Å². The number of amides is 1. The van der Waals surface area contributed by atoms with Gasteiger partial charge >= 0.3 is 5.97 Å². The highest BCUT2D eigenvalue weighted by Gasteiger charge is 2.39. The molecule has 25 heavy (non-hydrogen) atoms. The van der Waals surface area contributed by atoms with Crippen LogP contribution in [0, 0.1) is 5.92 Å². The van der Waals surface area contributed by atoms with Crippen molar-refractivity contribution in [1.29, 1.82) is 0 Å². The van der Waals surface area contributed by atoms with Gasteiger partial charge in [-0.3, -0.25) is 9.59 Å². The van der Waals surface area contributed by atoms with Gasteiger partial charge in [-0.05, 0) is 56.4 Å². The quantitative estimate of drug-likeness (QED) is 0.849. The molecule has 136 valence electrons. The van der Waals surface area contributed by atoms with Crippen LogP contribution in [0.15, 0.2) is 23.1 Å². The molecule has 0 unspecified atom stereocenters. The number of hydrogen-bond donors (Lipinski definition) is 2. The summed E-state index contributed by atoms with van der Waals surface area (Å²) in [4.78, 5) is 23.2. The van der Waals surface area contributed by atoms with Crippen LogP contribution in [0.1, 0.15) is 38.2 Å². The lowest BCUT2D eigenvalue weighted by molar-refractivity contribution is -0.144. The number of benzene rings is 1. The van der Waals surface area contributed by atoms with E-state index in [9.17, 15) is 23.1 Å². The van der Waals surface area contributed by atoms with Crippen LogP contribution in [0.2, 0.25) is 0 Å². The van der Waals surface area contributed by atoms with Crippen molar-refractivity contribution < 1.29 is 23.1 Å². The van der Waals surface area contributed by atoms with Crippen LogP contribution in [-0.4, -0.2) is 42.3 Å². The molecule has 0 radical (unpaired) electrons. The zero-order valence-electron chi connectivity index (χ0n) is 14.1. The normalized spacial score (nSPS) is 24.9. The molecule has 1 aromatic rings. The highest BCUT2D eigenvalue weighted by molar-refractivity contribution is 7.89. The Morgan fingerprint density at radius 3 is 2.76 bits per heavy atom. The molecule has 0 bridgehead atoms. The van der Waals surface area contributed by atoms with Crippen molar-refractivity contribution in [2.24, 2.45) is 5.92 Å². The molecule has 2 heterocycles. The van der Waals surface area contributed by atoms with Gasteiger partial charge in [0.05, 0.1) is 10.8 Å². The lowest BCUT2D eigenvalue weighted by Crippen LogP contribution is -2.49. The number of carbonyl (C=O) groups excluding carboxylic acids is 1. The Hall–Kier alpha value is -1.93. The number of aryl methyl sites for hydroxylation is 1. The molecular formula is C17H22N2O5S. The van der Waals surface area contributed by atoms with E-state index in [1.54, 1.807) is 19.1 Å². The molecule has 1 fully saturated rings. The van der Waals surface area contributed by atoms with Crippen LogP contribution in [0.4, 0.5) is 5.69 Å². The molecule has 0 aliphatic carbocycles. The summed E-state index contributed by atoms with van der Waals surface area (Å²) < 4.78 is 27.4. The number of fused-ring (bicyclic) bond motifs is 1. The molecule has 1 amide bonds. The summed E-state index contributed by atoms with van der Waals surface area (Å²) in [5.74, 6) is -1.72. The molecule has 7 nitrogen and oxygen atoms in total. The number of nitrogens with one attached hydrogen (secondary N) is 1. The molecule has 1 aromatic carbocycles. The number of carboxylic acids is 1. The SMILES string of the molecule is C[C@@H]1[C@H](C(=O)O)CCCN1S(=O)(=O)c1ccc2c(c1)CCCC(=O)N2. The van der Waals surface area contributed by atoms with Gasteiger partial charge < -0.3 is 10.4 Å². The molecule has 8 heteroatoms. The van der Waals surface area contributed by atoms with Crippen LogP contribution in [0.5, 0.6) is 0 Å². The monoisotopic (exact) mass is 366 g/mol. The summed E-state index contributed by atoms with van der Waals surface area (Å²) in [5, 5.41) is 12.1. The highest BCUT2D eigenvalue weighted by atomic mass is 32.2. The van der Waals surface area contributed by atoms with Gasteiger partial charge in [-0.25, -0.2) is 8.42 Å². The van der Waals surface area contributed by atoms with Gasteiger partial charge in [0, 0.05) is 24.7 Å². The minimum absolute atomic E-state index is 0.0664. The smallest absolute Gasteiger partial charge is 0.308 e. The Morgan fingerprint density at radius 1 is 1.28 bits per heavy atom. The zero-order chi connectivity index (χ0) is 18.2. The second-order valence-electron chi connectivity index (χ2n) is 6.66. The van der Waals surface area contributed by atoms with Crippen molar-refractivity contribution in [3.8, 4) is 0 Å². The van der Waals surface area contributed by atoms with E-state index in [-0.39, 0.29) is 10.8 Å². The van der Waals surface area contributed by atoms with E-state index in [0.29, 0.717) is 44.3 Å². The number of piperidine rings is 1. The Balaban J connectivity index is 1.93. The molecule has 1 saturated heterocycles. The fraction of sp³-hybridized carbons (Fsp3) is 0.529. The number of anilines is 1. The summed E-state index contributed by atoms with van der Waals surface area (Å²) in [6.45, 7) is 1.97. The maximum Gasteiger partial charge on any atom is 0.308 e. The summed E-state index contributed by atoms with van der Waals surface area (Å²) in [5.41, 5.74) is 1.45. The maximum absolute atomic E-state index is 13.0. The molecule has 2 aliphatic heterocycles. The second kappa shape index (κ2) is 6.76. The van der Waals surface area contributed by atoms with Crippen LogP contribution in [0.3, 0.4) is 0 Å². The first kappa shape index (κ1) is 17.9. The van der Waals surface area contributed by atoms with Crippen molar-refractivity contribution in [3.63, 3.8) is 0 Å². The van der Waals surface area contributed by atoms with Crippen molar-refractivity contribution in [2.45, 2.75) is 50.0 Å². The number of nitrogens with zero attached hydrogens (tertiary/aromatic N) is 1. The predicted molar refractivity (Wildman–Crippen MR) is 91.7 cm³/mol. The first-order valence-electron chi connectivity index (χ1n) is 8.48. The Morgan fingerprint density at radius 2 is 2.04 bits per heavy atom.